The van der Waals surface area contributed by atoms with E-state index in [9.17, 15) is 24.6 Å². The molecule has 0 radical (unpaired) electrons. The van der Waals surface area contributed by atoms with Crippen molar-refractivity contribution in [1.82, 2.24) is 10.6 Å². The molecule has 3 unspecified atom stereocenters. The summed E-state index contributed by atoms with van der Waals surface area (Å²) in [6.45, 7) is 2.96. The summed E-state index contributed by atoms with van der Waals surface area (Å²) in [6.07, 6.45) is 4.79. The van der Waals surface area contributed by atoms with Gasteiger partial charge in [-0.25, -0.2) is 0 Å². The molecule has 8 heteroatoms. The fraction of sp³-hybridized carbons (Fsp3) is 0.654. The molecule has 2 aliphatic rings. The van der Waals surface area contributed by atoms with Crippen molar-refractivity contribution < 1.29 is 29.3 Å². The molecule has 2 fully saturated rings. The highest BCUT2D eigenvalue weighted by Crippen LogP contribution is 2.32. The summed E-state index contributed by atoms with van der Waals surface area (Å²) in [5, 5.41) is 24.7. The second-order valence-electron chi connectivity index (χ2n) is 10.2. The van der Waals surface area contributed by atoms with Crippen LogP contribution in [0.2, 0.25) is 0 Å². The van der Waals surface area contributed by atoms with Crippen molar-refractivity contribution in [2.75, 3.05) is 19.8 Å². The molecule has 1 aliphatic heterocycles. The summed E-state index contributed by atoms with van der Waals surface area (Å²) in [5.41, 5.74) is 0.00281. The van der Waals surface area contributed by atoms with E-state index in [2.05, 4.69) is 22.8 Å². The van der Waals surface area contributed by atoms with Crippen LogP contribution in [0.15, 0.2) is 30.3 Å². The monoisotopic (exact) mass is 474 g/mol. The van der Waals surface area contributed by atoms with E-state index in [0.717, 1.165) is 32.1 Å². The maximum atomic E-state index is 13.0. The van der Waals surface area contributed by atoms with Gasteiger partial charge in [-0.3, -0.25) is 14.4 Å². The second kappa shape index (κ2) is 11.9. The standard InChI is InChI=1S/C26H38N2O6/c1-17(2)11-21(23(31)26(15-30)16-34-26)27-25(33)22(14-29)28-24(32)20-10-6-9-19(13-20)12-18-7-4-3-5-8-18/h3-5,7-8,17,19-22,29-30H,6,9-16H2,1-2H3,(H,27,33)(H,28,32)/t19-,20?,21?,22-,26?/m0/s1. The lowest BCUT2D eigenvalue weighted by molar-refractivity contribution is -0.135. The van der Waals surface area contributed by atoms with Gasteiger partial charge in [0.05, 0.1) is 25.9 Å². The van der Waals surface area contributed by atoms with Gasteiger partial charge in [-0.1, -0.05) is 57.0 Å². The van der Waals surface area contributed by atoms with E-state index < -0.39 is 36.8 Å². The maximum Gasteiger partial charge on any atom is 0.245 e. The minimum absolute atomic E-state index is 0.106. The van der Waals surface area contributed by atoms with Gasteiger partial charge in [-0.05, 0) is 43.1 Å². The second-order valence-corrected chi connectivity index (χ2v) is 10.2. The van der Waals surface area contributed by atoms with Gasteiger partial charge in [0, 0.05) is 5.92 Å². The zero-order chi connectivity index (χ0) is 24.7. The van der Waals surface area contributed by atoms with Crippen molar-refractivity contribution in [3.63, 3.8) is 0 Å². The number of ketones is 1. The molecule has 5 atom stereocenters. The first-order chi connectivity index (χ1) is 16.3. The van der Waals surface area contributed by atoms with Crippen LogP contribution >= 0.6 is 0 Å². The molecule has 34 heavy (non-hydrogen) atoms. The number of rotatable bonds is 12. The first-order valence-corrected chi connectivity index (χ1v) is 12.3. The number of epoxide rings is 1. The predicted molar refractivity (Wildman–Crippen MR) is 127 cm³/mol. The zero-order valence-corrected chi connectivity index (χ0v) is 20.2. The third kappa shape index (κ3) is 6.87. The van der Waals surface area contributed by atoms with Gasteiger partial charge in [-0.15, -0.1) is 0 Å². The van der Waals surface area contributed by atoms with E-state index in [1.807, 2.05) is 32.0 Å². The van der Waals surface area contributed by atoms with Gasteiger partial charge in [0.25, 0.3) is 0 Å². The molecular formula is C26H38N2O6. The Morgan fingerprint density at radius 2 is 1.79 bits per heavy atom. The van der Waals surface area contributed by atoms with Crippen LogP contribution in [-0.4, -0.2) is 65.3 Å². The quantitative estimate of drug-likeness (QED) is 0.339. The predicted octanol–water partition coefficient (Wildman–Crippen LogP) is 1.37. The number of hydrogen-bond donors (Lipinski definition) is 4. The minimum atomic E-state index is -1.25. The lowest BCUT2D eigenvalue weighted by atomic mass is 9.78. The van der Waals surface area contributed by atoms with E-state index in [1.165, 1.54) is 5.56 Å². The molecule has 1 aromatic carbocycles. The Morgan fingerprint density at radius 3 is 2.38 bits per heavy atom. The number of hydrogen-bond acceptors (Lipinski definition) is 6. The van der Waals surface area contributed by atoms with Crippen LogP contribution in [0.25, 0.3) is 0 Å². The fourth-order valence-corrected chi connectivity index (χ4v) is 4.84. The molecule has 1 heterocycles. The Hall–Kier alpha value is -2.29. The number of aliphatic hydroxyl groups is 2. The number of aliphatic hydroxyl groups excluding tert-OH is 2. The lowest BCUT2D eigenvalue weighted by Crippen LogP contribution is -2.56. The molecular weight excluding hydrogens is 436 g/mol. The lowest BCUT2D eigenvalue weighted by Gasteiger charge is -2.30. The van der Waals surface area contributed by atoms with Gasteiger partial charge in [0.15, 0.2) is 11.4 Å². The Labute approximate surface area is 201 Å². The Bertz CT molecular complexity index is 839. The van der Waals surface area contributed by atoms with E-state index in [4.69, 9.17) is 4.74 Å². The molecule has 1 saturated carbocycles. The summed E-state index contributed by atoms with van der Waals surface area (Å²) in [4.78, 5) is 38.7. The van der Waals surface area contributed by atoms with Gasteiger partial charge in [-0.2, -0.15) is 0 Å². The first-order valence-electron chi connectivity index (χ1n) is 12.3. The number of Topliss-reactive ketones (excluding diaryl/α,β-unsaturated/α-hetero) is 1. The molecule has 3 rings (SSSR count). The SMILES string of the molecule is CC(C)CC(NC(=O)[C@H](CO)NC(=O)C1CCC[C@@H](Cc2ccccc2)C1)C(=O)C1(CO)CO1. The summed E-state index contributed by atoms with van der Waals surface area (Å²) in [7, 11) is 0. The highest BCUT2D eigenvalue weighted by Gasteiger charge is 2.54. The smallest absolute Gasteiger partial charge is 0.245 e. The Balaban J connectivity index is 1.57. The Kier molecular flexibility index (Phi) is 9.22. The average Bonchev–Trinajstić information content (AvgIpc) is 3.63. The van der Waals surface area contributed by atoms with Gasteiger partial charge < -0.3 is 25.6 Å². The largest absolute Gasteiger partial charge is 0.394 e. The van der Waals surface area contributed by atoms with Crippen LogP contribution in [0.1, 0.15) is 51.5 Å². The van der Waals surface area contributed by atoms with Crippen LogP contribution in [0.4, 0.5) is 0 Å². The molecule has 8 nitrogen and oxygen atoms in total. The van der Waals surface area contributed by atoms with Crippen molar-refractivity contribution in [3.8, 4) is 0 Å². The minimum Gasteiger partial charge on any atom is -0.394 e. The number of benzene rings is 1. The maximum absolute atomic E-state index is 13.0. The Morgan fingerprint density at radius 1 is 1.09 bits per heavy atom. The third-order valence-corrected chi connectivity index (χ3v) is 6.87. The molecule has 2 amide bonds. The van der Waals surface area contributed by atoms with E-state index in [0.29, 0.717) is 12.3 Å². The summed E-state index contributed by atoms with van der Waals surface area (Å²) in [5.74, 6) is -0.938. The van der Waals surface area contributed by atoms with Crippen LogP contribution in [-0.2, 0) is 25.5 Å². The fourth-order valence-electron chi connectivity index (χ4n) is 4.84. The van der Waals surface area contributed by atoms with Crippen molar-refractivity contribution in [3.05, 3.63) is 35.9 Å². The zero-order valence-electron chi connectivity index (χ0n) is 20.2. The van der Waals surface area contributed by atoms with E-state index in [1.54, 1.807) is 0 Å². The molecule has 188 valence electrons. The van der Waals surface area contributed by atoms with Crippen LogP contribution in [0.3, 0.4) is 0 Å². The summed E-state index contributed by atoms with van der Waals surface area (Å²) >= 11 is 0. The highest BCUT2D eigenvalue weighted by molar-refractivity contribution is 5.98. The van der Waals surface area contributed by atoms with Crippen molar-refractivity contribution in [2.45, 2.75) is 70.1 Å². The topological polar surface area (TPSA) is 128 Å². The molecule has 0 spiro atoms. The average molecular weight is 475 g/mol. The molecule has 1 aromatic rings. The normalized spacial score (nSPS) is 25.9. The molecule has 1 saturated heterocycles. The van der Waals surface area contributed by atoms with Crippen molar-refractivity contribution in [2.24, 2.45) is 17.8 Å². The van der Waals surface area contributed by atoms with E-state index >= 15 is 0 Å². The first kappa shape index (κ1) is 26.3. The number of nitrogens with one attached hydrogen (secondary N) is 2. The number of ether oxygens (including phenoxy) is 1. The van der Waals surface area contributed by atoms with E-state index in [-0.39, 0.29) is 30.1 Å². The van der Waals surface area contributed by atoms with Crippen molar-refractivity contribution in [1.29, 1.82) is 0 Å². The number of carbonyl (C=O) groups is 3. The molecule has 4 N–H and O–H groups in total. The van der Waals surface area contributed by atoms with Gasteiger partial charge >= 0.3 is 0 Å². The highest BCUT2D eigenvalue weighted by atomic mass is 16.6. The van der Waals surface area contributed by atoms with Crippen LogP contribution < -0.4 is 10.6 Å². The van der Waals surface area contributed by atoms with Crippen LogP contribution in [0.5, 0.6) is 0 Å². The van der Waals surface area contributed by atoms with Gasteiger partial charge in [0.2, 0.25) is 11.8 Å². The van der Waals surface area contributed by atoms with Crippen LogP contribution in [0, 0.1) is 17.8 Å². The van der Waals surface area contributed by atoms with Crippen molar-refractivity contribution >= 4 is 17.6 Å². The molecule has 1 aliphatic carbocycles. The summed E-state index contributed by atoms with van der Waals surface area (Å²) < 4.78 is 5.16. The molecule has 0 bridgehead atoms. The van der Waals surface area contributed by atoms with Gasteiger partial charge in [0.1, 0.15) is 6.04 Å². The number of carbonyl (C=O) groups excluding carboxylic acids is 3. The summed E-state index contributed by atoms with van der Waals surface area (Å²) in [6, 6.07) is 8.20. The molecule has 0 aromatic heterocycles. The number of amides is 2. The third-order valence-electron chi connectivity index (χ3n) is 6.87.